The van der Waals surface area contributed by atoms with Gasteiger partial charge in [-0.25, -0.2) is 4.98 Å². The van der Waals surface area contributed by atoms with Crippen LogP contribution in [-0.4, -0.2) is 27.2 Å². The Kier molecular flexibility index (Phi) is 5.99. The molecule has 0 N–H and O–H groups in total. The van der Waals surface area contributed by atoms with Gasteiger partial charge in [-0.15, -0.1) is 0 Å². The molecule has 3 rings (SSSR count). The molecule has 1 amide bonds. The molecule has 7 nitrogen and oxygen atoms in total. The number of carbonyl (C=O) groups excluding carboxylic acids is 3. The first kappa shape index (κ1) is 19.8. The number of aromatic nitrogens is 2. The van der Waals surface area contributed by atoms with Gasteiger partial charge in [-0.3, -0.25) is 19.3 Å². The van der Waals surface area contributed by atoms with Gasteiger partial charge in [0.15, 0.2) is 11.6 Å². The van der Waals surface area contributed by atoms with E-state index in [0.717, 1.165) is 0 Å². The first-order chi connectivity index (χ1) is 14.0. The lowest BCUT2D eigenvalue weighted by Gasteiger charge is -2.19. The van der Waals surface area contributed by atoms with Crippen molar-refractivity contribution in [1.29, 1.82) is 0 Å². The number of nitrogens with zero attached hydrogens (tertiary/aromatic N) is 3. The molecule has 7 heteroatoms. The number of allylic oxidation sites excluding steroid dienone is 1. The Balaban J connectivity index is 1.97. The second-order valence-corrected chi connectivity index (χ2v) is 6.17. The summed E-state index contributed by atoms with van der Waals surface area (Å²) in [5.41, 5.74) is 0.927. The number of benzene rings is 2. The Hall–Kier alpha value is -4.00. The fourth-order valence-corrected chi connectivity index (χ4v) is 2.65. The molecular formula is C22H19N3O4. The van der Waals surface area contributed by atoms with Gasteiger partial charge in [0.2, 0.25) is 0 Å². The highest BCUT2D eigenvalue weighted by Gasteiger charge is 2.20. The summed E-state index contributed by atoms with van der Waals surface area (Å²) in [6.45, 7) is 1.29. The van der Waals surface area contributed by atoms with Gasteiger partial charge in [-0.05, 0) is 12.1 Å². The van der Waals surface area contributed by atoms with Crippen molar-refractivity contribution in [2.24, 2.45) is 7.05 Å². The topological polar surface area (TPSA) is 81.5 Å². The second-order valence-electron chi connectivity index (χ2n) is 6.17. The van der Waals surface area contributed by atoms with Crippen LogP contribution in [0.1, 0.15) is 27.9 Å². The minimum Gasteiger partial charge on any atom is -0.427 e. The van der Waals surface area contributed by atoms with Crippen LogP contribution < -0.4 is 9.64 Å². The van der Waals surface area contributed by atoms with Crippen molar-refractivity contribution in [3.63, 3.8) is 0 Å². The standard InChI is InChI=1S/C22H19N3O4/c1-16(26)29-19-10-6-9-18(15-19)25(22(28)21-23-12-14-24(21)2)13-11-20(27)17-7-4-3-5-8-17/h3-15H,1-2H3/b13-11+. The maximum Gasteiger partial charge on any atom is 0.308 e. The Labute approximate surface area is 167 Å². The normalized spacial score (nSPS) is 10.7. The number of amides is 1. The molecule has 2 aromatic carbocycles. The van der Waals surface area contributed by atoms with Gasteiger partial charge in [-0.1, -0.05) is 36.4 Å². The van der Waals surface area contributed by atoms with Crippen LogP contribution in [0, 0.1) is 0 Å². The van der Waals surface area contributed by atoms with Crippen molar-refractivity contribution >= 4 is 23.3 Å². The summed E-state index contributed by atoms with van der Waals surface area (Å²) in [7, 11) is 1.70. The highest BCUT2D eigenvalue weighted by atomic mass is 16.5. The van der Waals surface area contributed by atoms with E-state index in [9.17, 15) is 14.4 Å². The van der Waals surface area contributed by atoms with E-state index in [0.29, 0.717) is 11.3 Å². The van der Waals surface area contributed by atoms with Gasteiger partial charge in [0, 0.05) is 50.3 Å². The average molecular weight is 389 g/mol. The summed E-state index contributed by atoms with van der Waals surface area (Å²) < 4.78 is 6.69. The molecule has 0 spiro atoms. The predicted molar refractivity (Wildman–Crippen MR) is 108 cm³/mol. The van der Waals surface area contributed by atoms with Crippen LogP contribution in [0.2, 0.25) is 0 Å². The monoisotopic (exact) mass is 389 g/mol. The Bertz CT molecular complexity index is 1070. The quantitative estimate of drug-likeness (QED) is 0.279. The lowest BCUT2D eigenvalue weighted by molar-refractivity contribution is -0.131. The molecule has 0 aliphatic carbocycles. The summed E-state index contributed by atoms with van der Waals surface area (Å²) >= 11 is 0. The molecule has 0 saturated carbocycles. The van der Waals surface area contributed by atoms with Crippen molar-refractivity contribution in [3.05, 3.63) is 90.7 Å². The van der Waals surface area contributed by atoms with Crippen LogP contribution in [0.15, 0.2) is 79.3 Å². The summed E-state index contributed by atoms with van der Waals surface area (Å²) in [6.07, 6.45) is 5.87. The van der Waals surface area contributed by atoms with Gasteiger partial charge < -0.3 is 9.30 Å². The highest BCUT2D eigenvalue weighted by Crippen LogP contribution is 2.23. The van der Waals surface area contributed by atoms with E-state index in [4.69, 9.17) is 4.74 Å². The Morgan fingerprint density at radius 2 is 1.83 bits per heavy atom. The number of ketones is 1. The van der Waals surface area contributed by atoms with Crippen LogP contribution in [-0.2, 0) is 11.8 Å². The summed E-state index contributed by atoms with van der Waals surface area (Å²) in [6, 6.07) is 15.2. The summed E-state index contributed by atoms with van der Waals surface area (Å²) in [5.74, 6) is -0.678. The molecule has 0 fully saturated rings. The van der Waals surface area contributed by atoms with Gasteiger partial charge >= 0.3 is 5.97 Å². The van der Waals surface area contributed by atoms with Crippen molar-refractivity contribution in [1.82, 2.24) is 9.55 Å². The number of anilines is 1. The minimum atomic E-state index is -0.473. The number of esters is 1. The summed E-state index contributed by atoms with van der Waals surface area (Å²) in [4.78, 5) is 42.2. The highest BCUT2D eigenvalue weighted by molar-refractivity contribution is 6.08. The fourth-order valence-electron chi connectivity index (χ4n) is 2.65. The minimum absolute atomic E-state index is 0.194. The van der Waals surface area contributed by atoms with Crippen LogP contribution >= 0.6 is 0 Å². The third-order valence-corrected chi connectivity index (χ3v) is 4.02. The molecule has 3 aromatic rings. The van der Waals surface area contributed by atoms with E-state index in [2.05, 4.69) is 4.98 Å². The van der Waals surface area contributed by atoms with E-state index in [1.165, 1.54) is 30.3 Å². The molecule has 0 radical (unpaired) electrons. The molecule has 0 aliphatic rings. The van der Waals surface area contributed by atoms with E-state index in [-0.39, 0.29) is 17.4 Å². The SMILES string of the molecule is CC(=O)Oc1cccc(N(/C=C/C(=O)c2ccccc2)C(=O)c2nccn2C)c1. The predicted octanol–water partition coefficient (Wildman–Crippen LogP) is 3.39. The van der Waals surface area contributed by atoms with Crippen molar-refractivity contribution < 1.29 is 19.1 Å². The van der Waals surface area contributed by atoms with Gasteiger partial charge in [0.1, 0.15) is 5.75 Å². The van der Waals surface area contributed by atoms with E-state index in [1.54, 1.807) is 66.3 Å². The molecule has 1 heterocycles. The van der Waals surface area contributed by atoms with Crippen molar-refractivity contribution in [3.8, 4) is 5.75 Å². The maximum atomic E-state index is 13.1. The van der Waals surface area contributed by atoms with Gasteiger partial charge in [0.05, 0.1) is 5.69 Å². The number of ether oxygens (including phenoxy) is 1. The van der Waals surface area contributed by atoms with Crippen LogP contribution in [0.3, 0.4) is 0 Å². The molecule has 29 heavy (non-hydrogen) atoms. The van der Waals surface area contributed by atoms with Crippen LogP contribution in [0.25, 0.3) is 0 Å². The molecule has 0 unspecified atom stereocenters. The van der Waals surface area contributed by atoms with Crippen molar-refractivity contribution in [2.75, 3.05) is 4.90 Å². The average Bonchev–Trinajstić information content (AvgIpc) is 3.14. The first-order valence-electron chi connectivity index (χ1n) is 8.82. The first-order valence-corrected chi connectivity index (χ1v) is 8.82. The molecule has 0 atom stereocenters. The number of aryl methyl sites for hydroxylation is 1. The molecule has 1 aromatic heterocycles. The number of hydrogen-bond donors (Lipinski definition) is 0. The van der Waals surface area contributed by atoms with E-state index in [1.807, 2.05) is 6.07 Å². The maximum absolute atomic E-state index is 13.1. The lowest BCUT2D eigenvalue weighted by atomic mass is 10.1. The number of hydrogen-bond acceptors (Lipinski definition) is 5. The third kappa shape index (κ3) is 4.84. The molecular weight excluding hydrogens is 370 g/mol. The lowest BCUT2D eigenvalue weighted by Crippen LogP contribution is -2.28. The number of rotatable bonds is 6. The smallest absolute Gasteiger partial charge is 0.308 e. The van der Waals surface area contributed by atoms with Crippen molar-refractivity contribution in [2.45, 2.75) is 6.92 Å². The fraction of sp³-hybridized carbons (Fsp3) is 0.0909. The number of carbonyl (C=O) groups is 3. The largest absolute Gasteiger partial charge is 0.427 e. The van der Waals surface area contributed by atoms with Gasteiger partial charge in [0.25, 0.3) is 5.91 Å². The number of imidazole rings is 1. The van der Waals surface area contributed by atoms with E-state index < -0.39 is 11.9 Å². The Morgan fingerprint density at radius 3 is 2.48 bits per heavy atom. The van der Waals surface area contributed by atoms with E-state index >= 15 is 0 Å². The summed E-state index contributed by atoms with van der Waals surface area (Å²) in [5, 5.41) is 0. The molecule has 0 saturated heterocycles. The van der Waals surface area contributed by atoms with Crippen LogP contribution in [0.5, 0.6) is 5.75 Å². The van der Waals surface area contributed by atoms with Crippen LogP contribution in [0.4, 0.5) is 5.69 Å². The molecule has 0 aliphatic heterocycles. The second kappa shape index (κ2) is 8.79. The molecule has 0 bridgehead atoms. The zero-order chi connectivity index (χ0) is 20.8. The Morgan fingerprint density at radius 1 is 1.07 bits per heavy atom. The van der Waals surface area contributed by atoms with Gasteiger partial charge in [-0.2, -0.15) is 0 Å². The molecule has 146 valence electrons. The zero-order valence-corrected chi connectivity index (χ0v) is 16.0. The zero-order valence-electron chi connectivity index (χ0n) is 16.0. The third-order valence-electron chi connectivity index (χ3n) is 4.02.